The van der Waals surface area contributed by atoms with E-state index in [1.54, 1.807) is 18.2 Å². The standard InChI is InChI=1S/C13H12N4O5/c1-22-9-4-2-3-7(10(9)18)5-15-17-12(20)8-6-14-13(21)16-11(8)19/h2-6,18H,1H3,(H,17,20)(H2,14,16,19,21). The molecule has 1 aromatic carbocycles. The van der Waals surface area contributed by atoms with Crippen molar-refractivity contribution < 1.29 is 14.6 Å². The number of para-hydroxylation sites is 1. The van der Waals surface area contributed by atoms with Crippen molar-refractivity contribution in [1.82, 2.24) is 15.4 Å². The molecule has 0 bridgehead atoms. The first-order valence-corrected chi connectivity index (χ1v) is 6.04. The first kappa shape index (κ1) is 15.0. The van der Waals surface area contributed by atoms with Crippen molar-refractivity contribution in [3.63, 3.8) is 0 Å². The van der Waals surface area contributed by atoms with Gasteiger partial charge in [-0.1, -0.05) is 6.07 Å². The van der Waals surface area contributed by atoms with E-state index in [9.17, 15) is 19.5 Å². The number of hydrogen-bond acceptors (Lipinski definition) is 6. The zero-order chi connectivity index (χ0) is 16.1. The Balaban J connectivity index is 2.14. The summed E-state index contributed by atoms with van der Waals surface area (Å²) in [5.74, 6) is -0.687. The number of rotatable bonds is 4. The fourth-order valence-electron chi connectivity index (χ4n) is 1.61. The van der Waals surface area contributed by atoms with Gasteiger partial charge in [0.25, 0.3) is 11.5 Å². The lowest BCUT2D eigenvalue weighted by atomic mass is 10.2. The molecule has 22 heavy (non-hydrogen) atoms. The molecule has 0 saturated carbocycles. The number of carbonyl (C=O) groups is 1. The molecule has 0 aliphatic carbocycles. The van der Waals surface area contributed by atoms with Gasteiger partial charge >= 0.3 is 5.69 Å². The number of aromatic hydroxyl groups is 1. The Hall–Kier alpha value is -3.36. The van der Waals surface area contributed by atoms with Crippen molar-refractivity contribution in [3.05, 3.63) is 56.4 Å². The van der Waals surface area contributed by atoms with Crippen LogP contribution < -0.4 is 21.4 Å². The SMILES string of the molecule is COc1cccc(C=NNC(=O)c2c[nH]c(=O)[nH]c2=O)c1O. The van der Waals surface area contributed by atoms with Gasteiger partial charge in [0.15, 0.2) is 11.5 Å². The molecule has 0 aliphatic heterocycles. The van der Waals surface area contributed by atoms with Crippen LogP contribution in [0.3, 0.4) is 0 Å². The lowest BCUT2D eigenvalue weighted by Gasteiger charge is -2.04. The molecule has 1 heterocycles. The molecule has 9 heteroatoms. The minimum Gasteiger partial charge on any atom is -0.504 e. The summed E-state index contributed by atoms with van der Waals surface area (Å²) in [5, 5.41) is 13.5. The number of aromatic nitrogens is 2. The predicted octanol–water partition coefficient (Wildman–Crippen LogP) is -0.459. The third-order valence-corrected chi connectivity index (χ3v) is 2.68. The van der Waals surface area contributed by atoms with Crippen LogP contribution in [0.25, 0.3) is 0 Å². The van der Waals surface area contributed by atoms with E-state index in [0.717, 1.165) is 6.20 Å². The van der Waals surface area contributed by atoms with E-state index in [4.69, 9.17) is 4.74 Å². The van der Waals surface area contributed by atoms with E-state index in [0.29, 0.717) is 5.56 Å². The molecule has 114 valence electrons. The van der Waals surface area contributed by atoms with E-state index in [1.807, 2.05) is 4.98 Å². The van der Waals surface area contributed by atoms with Crippen LogP contribution in [0.1, 0.15) is 15.9 Å². The minimum absolute atomic E-state index is 0.134. The molecule has 0 atom stereocenters. The second-order valence-electron chi connectivity index (χ2n) is 4.08. The van der Waals surface area contributed by atoms with Crippen molar-refractivity contribution in [2.45, 2.75) is 0 Å². The fraction of sp³-hybridized carbons (Fsp3) is 0.0769. The Bertz CT molecular complexity index is 837. The Labute approximate surface area is 123 Å². The van der Waals surface area contributed by atoms with Gasteiger partial charge in [-0.25, -0.2) is 10.2 Å². The molecular formula is C13H12N4O5. The summed E-state index contributed by atoms with van der Waals surface area (Å²) in [7, 11) is 1.40. The average Bonchev–Trinajstić information content (AvgIpc) is 2.48. The zero-order valence-corrected chi connectivity index (χ0v) is 11.4. The number of hydrazone groups is 1. The number of amides is 1. The number of phenols is 1. The molecule has 9 nitrogen and oxygen atoms in total. The highest BCUT2D eigenvalue weighted by atomic mass is 16.5. The molecule has 0 radical (unpaired) electrons. The van der Waals surface area contributed by atoms with E-state index in [-0.39, 0.29) is 17.1 Å². The Morgan fingerprint density at radius 2 is 2.18 bits per heavy atom. The van der Waals surface area contributed by atoms with Crippen LogP contribution >= 0.6 is 0 Å². The van der Waals surface area contributed by atoms with Gasteiger partial charge in [0, 0.05) is 11.8 Å². The smallest absolute Gasteiger partial charge is 0.325 e. The number of aromatic amines is 2. The Kier molecular flexibility index (Phi) is 4.37. The highest BCUT2D eigenvalue weighted by Crippen LogP contribution is 2.27. The molecule has 4 N–H and O–H groups in total. The summed E-state index contributed by atoms with van der Waals surface area (Å²) >= 11 is 0. The van der Waals surface area contributed by atoms with Crippen molar-refractivity contribution in [1.29, 1.82) is 0 Å². The van der Waals surface area contributed by atoms with Crippen LogP contribution in [0.15, 0.2) is 39.1 Å². The quantitative estimate of drug-likeness (QED) is 0.447. The number of nitrogens with one attached hydrogen (secondary N) is 3. The molecule has 2 rings (SSSR count). The van der Waals surface area contributed by atoms with Crippen molar-refractivity contribution in [2.24, 2.45) is 5.10 Å². The highest BCUT2D eigenvalue weighted by Gasteiger charge is 2.10. The van der Waals surface area contributed by atoms with E-state index in [1.165, 1.54) is 13.3 Å². The Morgan fingerprint density at radius 1 is 1.41 bits per heavy atom. The molecule has 0 unspecified atom stereocenters. The van der Waals surface area contributed by atoms with Gasteiger partial charge in [0.1, 0.15) is 5.56 Å². The predicted molar refractivity (Wildman–Crippen MR) is 77.4 cm³/mol. The molecule has 1 amide bonds. The number of methoxy groups -OCH3 is 1. The van der Waals surface area contributed by atoms with Gasteiger partial charge in [0.2, 0.25) is 0 Å². The van der Waals surface area contributed by atoms with Crippen LogP contribution in [0.4, 0.5) is 0 Å². The van der Waals surface area contributed by atoms with Gasteiger partial charge in [-0.3, -0.25) is 14.6 Å². The second-order valence-corrected chi connectivity index (χ2v) is 4.08. The fourth-order valence-corrected chi connectivity index (χ4v) is 1.61. The van der Waals surface area contributed by atoms with E-state index < -0.39 is 17.2 Å². The van der Waals surface area contributed by atoms with Crippen LogP contribution in [0, 0.1) is 0 Å². The Morgan fingerprint density at radius 3 is 2.86 bits per heavy atom. The van der Waals surface area contributed by atoms with E-state index >= 15 is 0 Å². The molecule has 0 spiro atoms. The normalized spacial score (nSPS) is 10.6. The molecule has 0 aliphatic rings. The molecular weight excluding hydrogens is 292 g/mol. The summed E-state index contributed by atoms with van der Waals surface area (Å²) in [6.07, 6.45) is 2.17. The lowest BCUT2D eigenvalue weighted by Crippen LogP contribution is -2.31. The molecule has 2 aromatic rings. The number of benzene rings is 1. The van der Waals surface area contributed by atoms with Crippen LogP contribution in [0.5, 0.6) is 11.5 Å². The van der Waals surface area contributed by atoms with Crippen molar-refractivity contribution >= 4 is 12.1 Å². The summed E-state index contributed by atoms with van der Waals surface area (Å²) in [5.41, 5.74) is 0.575. The second kappa shape index (κ2) is 6.39. The summed E-state index contributed by atoms with van der Waals surface area (Å²) in [6, 6.07) is 4.75. The van der Waals surface area contributed by atoms with Crippen molar-refractivity contribution in [2.75, 3.05) is 7.11 Å². The number of ether oxygens (including phenoxy) is 1. The summed E-state index contributed by atoms with van der Waals surface area (Å²) in [4.78, 5) is 38.1. The topological polar surface area (TPSA) is 137 Å². The van der Waals surface area contributed by atoms with Crippen LogP contribution in [-0.4, -0.2) is 34.3 Å². The first-order valence-electron chi connectivity index (χ1n) is 6.04. The average molecular weight is 304 g/mol. The number of hydrogen-bond donors (Lipinski definition) is 4. The van der Waals surface area contributed by atoms with Crippen LogP contribution in [-0.2, 0) is 0 Å². The summed E-state index contributed by atoms with van der Waals surface area (Å²) in [6.45, 7) is 0. The maximum absolute atomic E-state index is 11.7. The monoisotopic (exact) mass is 304 g/mol. The van der Waals surface area contributed by atoms with Gasteiger partial charge in [-0.15, -0.1) is 0 Å². The van der Waals surface area contributed by atoms with Crippen molar-refractivity contribution in [3.8, 4) is 11.5 Å². The van der Waals surface area contributed by atoms with Gasteiger partial charge in [0.05, 0.1) is 13.3 Å². The molecule has 0 fully saturated rings. The molecule has 1 aromatic heterocycles. The number of H-pyrrole nitrogens is 2. The zero-order valence-electron chi connectivity index (χ0n) is 11.4. The number of carbonyl (C=O) groups excluding carboxylic acids is 1. The maximum Gasteiger partial charge on any atom is 0.325 e. The third-order valence-electron chi connectivity index (χ3n) is 2.68. The largest absolute Gasteiger partial charge is 0.504 e. The van der Waals surface area contributed by atoms with Gasteiger partial charge < -0.3 is 14.8 Å². The number of nitrogens with zero attached hydrogens (tertiary/aromatic N) is 1. The maximum atomic E-state index is 11.7. The first-order chi connectivity index (χ1) is 10.5. The number of phenolic OH excluding ortho intramolecular Hbond substituents is 1. The minimum atomic E-state index is -0.833. The highest BCUT2D eigenvalue weighted by molar-refractivity contribution is 5.94. The third kappa shape index (κ3) is 3.20. The van der Waals surface area contributed by atoms with Gasteiger partial charge in [-0.05, 0) is 12.1 Å². The lowest BCUT2D eigenvalue weighted by molar-refractivity contribution is 0.0953. The van der Waals surface area contributed by atoms with Crippen LogP contribution in [0.2, 0.25) is 0 Å². The van der Waals surface area contributed by atoms with Gasteiger partial charge in [-0.2, -0.15) is 5.10 Å². The molecule has 0 saturated heterocycles. The summed E-state index contributed by atoms with van der Waals surface area (Å²) < 4.78 is 4.93. The van der Waals surface area contributed by atoms with E-state index in [2.05, 4.69) is 15.5 Å².